The molecule has 92 valence electrons. The van der Waals surface area contributed by atoms with Gasteiger partial charge in [0.1, 0.15) is 0 Å². The highest BCUT2D eigenvalue weighted by molar-refractivity contribution is 5.76. The smallest absolute Gasteiger partial charge is 0.223 e. The zero-order valence-corrected chi connectivity index (χ0v) is 10.4. The van der Waals surface area contributed by atoms with E-state index in [1.807, 2.05) is 4.90 Å². The molecule has 0 aromatic rings. The minimum Gasteiger partial charge on any atom is -0.343 e. The number of amides is 1. The van der Waals surface area contributed by atoms with Gasteiger partial charge in [0, 0.05) is 32.1 Å². The van der Waals surface area contributed by atoms with Crippen LogP contribution in [0.15, 0.2) is 0 Å². The van der Waals surface area contributed by atoms with Gasteiger partial charge in [-0.15, -0.1) is 0 Å². The Hall–Kier alpha value is -0.570. The van der Waals surface area contributed by atoms with Crippen LogP contribution in [-0.2, 0) is 4.79 Å². The predicted octanol–water partition coefficient (Wildman–Crippen LogP) is 1.78. The van der Waals surface area contributed by atoms with Crippen LogP contribution in [0.1, 0.15) is 45.4 Å². The van der Waals surface area contributed by atoms with Crippen LogP contribution in [0.5, 0.6) is 0 Å². The Kier molecular flexibility index (Phi) is 4.22. The van der Waals surface area contributed by atoms with Crippen LogP contribution in [0.25, 0.3) is 0 Å². The highest BCUT2D eigenvalue weighted by Crippen LogP contribution is 2.24. The number of rotatable bonds is 4. The van der Waals surface area contributed by atoms with Crippen molar-refractivity contribution in [2.45, 2.75) is 51.5 Å². The molecular weight excluding hydrogens is 200 g/mol. The second-order valence-corrected chi connectivity index (χ2v) is 5.31. The topological polar surface area (TPSA) is 32.3 Å². The summed E-state index contributed by atoms with van der Waals surface area (Å²) in [5.74, 6) is 1.14. The Bertz CT molecular complexity index is 236. The minimum atomic E-state index is 0.343. The van der Waals surface area contributed by atoms with Gasteiger partial charge >= 0.3 is 0 Å². The molecular formula is C13H24N2O. The fraction of sp³-hybridized carbons (Fsp3) is 0.923. The third-order valence-corrected chi connectivity index (χ3v) is 4.07. The second-order valence-electron chi connectivity index (χ2n) is 5.31. The van der Waals surface area contributed by atoms with Gasteiger partial charge in [0.25, 0.3) is 0 Å². The number of hydrogen-bond acceptors (Lipinski definition) is 2. The monoisotopic (exact) mass is 224 g/mol. The van der Waals surface area contributed by atoms with Gasteiger partial charge in [-0.1, -0.05) is 13.3 Å². The first-order valence-electron chi connectivity index (χ1n) is 6.78. The summed E-state index contributed by atoms with van der Waals surface area (Å²) in [7, 11) is 0. The van der Waals surface area contributed by atoms with Crippen molar-refractivity contribution in [3.05, 3.63) is 0 Å². The van der Waals surface area contributed by atoms with E-state index in [1.54, 1.807) is 0 Å². The fourth-order valence-corrected chi connectivity index (χ4v) is 2.94. The van der Waals surface area contributed by atoms with Crippen molar-refractivity contribution in [2.75, 3.05) is 19.6 Å². The Labute approximate surface area is 98.6 Å². The highest BCUT2D eigenvalue weighted by Gasteiger charge is 2.23. The van der Waals surface area contributed by atoms with Crippen molar-refractivity contribution < 1.29 is 4.79 Å². The van der Waals surface area contributed by atoms with E-state index in [-0.39, 0.29) is 0 Å². The summed E-state index contributed by atoms with van der Waals surface area (Å²) in [6, 6.07) is 0.659. The average Bonchev–Trinajstić information content (AvgIpc) is 2.90. The molecule has 0 aromatic heterocycles. The standard InChI is InChI=1S/C13H24N2O/c1-11-5-4-6-12(11)14-8-7-13(16)15-9-2-3-10-15/h11-12,14H,2-10H2,1H3. The summed E-state index contributed by atoms with van der Waals surface area (Å²) < 4.78 is 0. The molecule has 0 aromatic carbocycles. The molecule has 1 heterocycles. The third kappa shape index (κ3) is 2.97. The summed E-state index contributed by atoms with van der Waals surface area (Å²) in [6.07, 6.45) is 7.05. The quantitative estimate of drug-likeness (QED) is 0.789. The molecule has 1 amide bonds. The number of likely N-dealkylation sites (tertiary alicyclic amines) is 1. The molecule has 2 unspecified atom stereocenters. The lowest BCUT2D eigenvalue weighted by atomic mass is 10.1. The summed E-state index contributed by atoms with van der Waals surface area (Å²) in [4.78, 5) is 13.8. The van der Waals surface area contributed by atoms with Crippen molar-refractivity contribution in [1.29, 1.82) is 0 Å². The summed E-state index contributed by atoms with van der Waals surface area (Å²) >= 11 is 0. The van der Waals surface area contributed by atoms with Gasteiger partial charge < -0.3 is 10.2 Å². The zero-order valence-electron chi connectivity index (χ0n) is 10.4. The van der Waals surface area contributed by atoms with E-state index >= 15 is 0 Å². The van der Waals surface area contributed by atoms with E-state index in [0.717, 1.165) is 25.6 Å². The zero-order chi connectivity index (χ0) is 11.4. The largest absolute Gasteiger partial charge is 0.343 e. The molecule has 2 rings (SSSR count). The molecule has 3 heteroatoms. The number of nitrogens with one attached hydrogen (secondary N) is 1. The molecule has 1 aliphatic heterocycles. The molecule has 3 nitrogen and oxygen atoms in total. The first-order chi connectivity index (χ1) is 7.77. The van der Waals surface area contributed by atoms with Crippen LogP contribution in [0, 0.1) is 5.92 Å². The SMILES string of the molecule is CC1CCCC1NCCC(=O)N1CCCC1. The summed E-state index contributed by atoms with van der Waals surface area (Å²) in [5.41, 5.74) is 0. The minimum absolute atomic E-state index is 0.343. The Morgan fingerprint density at radius 2 is 2.00 bits per heavy atom. The summed E-state index contributed by atoms with van der Waals surface area (Å²) in [5, 5.41) is 3.54. The van der Waals surface area contributed by atoms with Crippen LogP contribution in [0.3, 0.4) is 0 Å². The molecule has 1 N–H and O–H groups in total. The molecule has 2 aliphatic rings. The van der Waals surface area contributed by atoms with E-state index in [2.05, 4.69) is 12.2 Å². The molecule has 1 aliphatic carbocycles. The lowest BCUT2D eigenvalue weighted by Crippen LogP contribution is -2.35. The molecule has 1 saturated carbocycles. The van der Waals surface area contributed by atoms with Gasteiger partial charge in [-0.2, -0.15) is 0 Å². The van der Waals surface area contributed by atoms with Crippen molar-refractivity contribution in [2.24, 2.45) is 5.92 Å². The van der Waals surface area contributed by atoms with Crippen LogP contribution < -0.4 is 5.32 Å². The van der Waals surface area contributed by atoms with E-state index < -0.39 is 0 Å². The Morgan fingerprint density at radius 3 is 2.62 bits per heavy atom. The third-order valence-electron chi connectivity index (χ3n) is 4.07. The maximum atomic E-state index is 11.8. The van der Waals surface area contributed by atoms with E-state index in [1.165, 1.54) is 32.1 Å². The van der Waals surface area contributed by atoms with E-state index in [0.29, 0.717) is 18.4 Å². The van der Waals surface area contributed by atoms with Crippen LogP contribution in [-0.4, -0.2) is 36.5 Å². The molecule has 2 atom stereocenters. The van der Waals surface area contributed by atoms with Crippen molar-refractivity contribution >= 4 is 5.91 Å². The Balaban J connectivity index is 1.61. The molecule has 0 spiro atoms. The van der Waals surface area contributed by atoms with Crippen molar-refractivity contribution in [1.82, 2.24) is 10.2 Å². The lowest BCUT2D eigenvalue weighted by molar-refractivity contribution is -0.130. The average molecular weight is 224 g/mol. The van der Waals surface area contributed by atoms with Gasteiger partial charge in [-0.05, 0) is 31.6 Å². The van der Waals surface area contributed by atoms with Crippen molar-refractivity contribution in [3.63, 3.8) is 0 Å². The second kappa shape index (κ2) is 5.67. The van der Waals surface area contributed by atoms with Gasteiger partial charge in [0.15, 0.2) is 0 Å². The molecule has 0 bridgehead atoms. The van der Waals surface area contributed by atoms with Gasteiger partial charge in [-0.25, -0.2) is 0 Å². The van der Waals surface area contributed by atoms with Crippen LogP contribution in [0.4, 0.5) is 0 Å². The fourth-order valence-electron chi connectivity index (χ4n) is 2.94. The number of hydrogen-bond donors (Lipinski definition) is 1. The normalized spacial score (nSPS) is 29.9. The lowest BCUT2D eigenvalue weighted by Gasteiger charge is -2.19. The molecule has 0 radical (unpaired) electrons. The first kappa shape index (κ1) is 11.9. The van der Waals surface area contributed by atoms with Crippen LogP contribution in [0.2, 0.25) is 0 Å². The van der Waals surface area contributed by atoms with Gasteiger partial charge in [-0.3, -0.25) is 4.79 Å². The number of nitrogens with zero attached hydrogens (tertiary/aromatic N) is 1. The molecule has 16 heavy (non-hydrogen) atoms. The van der Waals surface area contributed by atoms with Crippen molar-refractivity contribution in [3.8, 4) is 0 Å². The van der Waals surface area contributed by atoms with Gasteiger partial charge in [0.2, 0.25) is 5.91 Å². The number of carbonyl (C=O) groups is 1. The van der Waals surface area contributed by atoms with E-state index in [4.69, 9.17) is 0 Å². The van der Waals surface area contributed by atoms with E-state index in [9.17, 15) is 4.79 Å². The number of carbonyl (C=O) groups excluding carboxylic acids is 1. The predicted molar refractivity (Wildman–Crippen MR) is 65.2 cm³/mol. The van der Waals surface area contributed by atoms with Gasteiger partial charge in [0.05, 0.1) is 0 Å². The highest BCUT2D eigenvalue weighted by atomic mass is 16.2. The maximum absolute atomic E-state index is 11.8. The first-order valence-corrected chi connectivity index (χ1v) is 6.78. The molecule has 2 fully saturated rings. The molecule has 1 saturated heterocycles. The summed E-state index contributed by atoms with van der Waals surface area (Å²) in [6.45, 7) is 5.15. The maximum Gasteiger partial charge on any atom is 0.223 e. The van der Waals surface area contributed by atoms with Crippen LogP contribution >= 0.6 is 0 Å². The Morgan fingerprint density at radius 1 is 1.25 bits per heavy atom.